The number of rotatable bonds is 3. The zero-order chi connectivity index (χ0) is 14.1. The first-order chi connectivity index (χ1) is 9.66. The van der Waals surface area contributed by atoms with Crippen LogP contribution in [0.4, 0.5) is 4.39 Å². The first-order valence-electron chi connectivity index (χ1n) is 6.31. The minimum Gasteiger partial charge on any atom is -0.324 e. The first-order valence-corrected chi connectivity index (χ1v) is 7.57. The number of thiophene rings is 1. The van der Waals surface area contributed by atoms with Crippen molar-refractivity contribution in [1.29, 1.82) is 0 Å². The summed E-state index contributed by atoms with van der Waals surface area (Å²) in [6.07, 6.45) is 0.525. The van der Waals surface area contributed by atoms with Gasteiger partial charge >= 0.3 is 0 Å². The average molecular weight is 306 g/mol. The Bertz CT molecular complexity index is 753. The summed E-state index contributed by atoms with van der Waals surface area (Å²) >= 11 is 7.66. The molecule has 0 amide bonds. The summed E-state index contributed by atoms with van der Waals surface area (Å²) < 4.78 is 14.7. The van der Waals surface area contributed by atoms with Crippen molar-refractivity contribution in [2.75, 3.05) is 0 Å². The van der Waals surface area contributed by atoms with Crippen molar-refractivity contribution in [1.82, 2.24) is 0 Å². The normalized spacial score (nSPS) is 12.8. The lowest BCUT2D eigenvalue weighted by atomic mass is 9.99. The maximum Gasteiger partial charge on any atom is 0.142 e. The molecule has 1 unspecified atom stereocenters. The lowest BCUT2D eigenvalue weighted by molar-refractivity contribution is 0.623. The fraction of sp³-hybridized carbons (Fsp3) is 0.125. The molecule has 0 fully saturated rings. The Morgan fingerprint density at radius 1 is 1.15 bits per heavy atom. The monoisotopic (exact) mass is 305 g/mol. The lowest BCUT2D eigenvalue weighted by Gasteiger charge is -2.12. The van der Waals surface area contributed by atoms with Crippen LogP contribution in [0.5, 0.6) is 0 Å². The molecular weight excluding hydrogens is 293 g/mol. The zero-order valence-corrected chi connectivity index (χ0v) is 12.2. The van der Waals surface area contributed by atoms with Crippen LogP contribution in [0.1, 0.15) is 17.2 Å². The van der Waals surface area contributed by atoms with Crippen LogP contribution in [0, 0.1) is 5.82 Å². The SMILES string of the molecule is NC(Cc1cccc(F)c1Cl)c1csc2ccccc12. The molecule has 0 saturated carbocycles. The van der Waals surface area contributed by atoms with E-state index in [4.69, 9.17) is 17.3 Å². The number of hydrogen-bond acceptors (Lipinski definition) is 2. The molecule has 1 heterocycles. The topological polar surface area (TPSA) is 26.0 Å². The van der Waals surface area contributed by atoms with Gasteiger partial charge in [0.2, 0.25) is 0 Å². The van der Waals surface area contributed by atoms with Gasteiger partial charge in [-0.25, -0.2) is 4.39 Å². The van der Waals surface area contributed by atoms with Crippen molar-refractivity contribution in [2.45, 2.75) is 12.5 Å². The molecule has 20 heavy (non-hydrogen) atoms. The highest BCUT2D eigenvalue weighted by Crippen LogP contribution is 2.32. The van der Waals surface area contributed by atoms with Crippen molar-refractivity contribution in [2.24, 2.45) is 5.73 Å². The van der Waals surface area contributed by atoms with Crippen LogP contribution in [-0.4, -0.2) is 0 Å². The van der Waals surface area contributed by atoms with E-state index in [0.29, 0.717) is 6.42 Å². The standard InChI is InChI=1S/C16H13ClFNS/c17-16-10(4-3-6-13(16)18)8-14(19)12-9-20-15-7-2-1-5-11(12)15/h1-7,9,14H,8,19H2. The molecule has 3 rings (SSSR count). The second kappa shape index (κ2) is 5.52. The molecule has 2 aromatic carbocycles. The minimum atomic E-state index is -0.397. The highest BCUT2D eigenvalue weighted by atomic mass is 35.5. The Balaban J connectivity index is 1.93. The molecular formula is C16H13ClFNS. The summed E-state index contributed by atoms with van der Waals surface area (Å²) in [5, 5.41) is 3.41. The Morgan fingerprint density at radius 2 is 1.95 bits per heavy atom. The van der Waals surface area contributed by atoms with E-state index in [0.717, 1.165) is 16.5 Å². The summed E-state index contributed by atoms with van der Waals surface area (Å²) in [6, 6.07) is 12.8. The van der Waals surface area contributed by atoms with Crippen LogP contribution in [0.2, 0.25) is 5.02 Å². The summed E-state index contributed by atoms with van der Waals surface area (Å²) in [5.41, 5.74) is 8.12. The number of hydrogen-bond donors (Lipinski definition) is 1. The molecule has 1 atom stereocenters. The van der Waals surface area contributed by atoms with Gasteiger partial charge in [0.15, 0.2) is 0 Å². The van der Waals surface area contributed by atoms with E-state index in [1.54, 1.807) is 17.4 Å². The van der Waals surface area contributed by atoms with Crippen molar-refractivity contribution < 1.29 is 4.39 Å². The van der Waals surface area contributed by atoms with Crippen molar-refractivity contribution in [3.8, 4) is 0 Å². The maximum absolute atomic E-state index is 13.5. The quantitative estimate of drug-likeness (QED) is 0.729. The third-order valence-electron chi connectivity index (χ3n) is 3.38. The van der Waals surface area contributed by atoms with Crippen LogP contribution >= 0.6 is 22.9 Å². The average Bonchev–Trinajstić information content (AvgIpc) is 2.88. The van der Waals surface area contributed by atoms with E-state index in [1.807, 2.05) is 18.2 Å². The Hall–Kier alpha value is -1.42. The van der Waals surface area contributed by atoms with Gasteiger partial charge in [-0.1, -0.05) is 41.9 Å². The van der Waals surface area contributed by atoms with E-state index >= 15 is 0 Å². The first kappa shape index (κ1) is 13.6. The molecule has 0 spiro atoms. The van der Waals surface area contributed by atoms with E-state index < -0.39 is 5.82 Å². The summed E-state index contributed by atoms with van der Waals surface area (Å²) in [6.45, 7) is 0. The van der Waals surface area contributed by atoms with Crippen LogP contribution in [0.25, 0.3) is 10.1 Å². The van der Waals surface area contributed by atoms with Crippen LogP contribution in [0.15, 0.2) is 47.8 Å². The number of fused-ring (bicyclic) bond motifs is 1. The third-order valence-corrected chi connectivity index (χ3v) is 4.79. The highest BCUT2D eigenvalue weighted by Gasteiger charge is 2.15. The smallest absolute Gasteiger partial charge is 0.142 e. The molecule has 3 aromatic rings. The van der Waals surface area contributed by atoms with Crippen molar-refractivity contribution >= 4 is 33.0 Å². The largest absolute Gasteiger partial charge is 0.324 e. The molecule has 102 valence electrons. The molecule has 0 aliphatic carbocycles. The molecule has 2 N–H and O–H groups in total. The fourth-order valence-electron chi connectivity index (χ4n) is 2.34. The van der Waals surface area contributed by atoms with Gasteiger partial charge in [0.05, 0.1) is 5.02 Å². The van der Waals surface area contributed by atoms with Crippen molar-refractivity contribution in [3.05, 3.63) is 69.8 Å². The molecule has 0 aliphatic rings. The van der Waals surface area contributed by atoms with E-state index in [2.05, 4.69) is 17.5 Å². The Labute approximate surface area is 125 Å². The number of benzene rings is 2. The van der Waals surface area contributed by atoms with E-state index in [-0.39, 0.29) is 11.1 Å². The van der Waals surface area contributed by atoms with Crippen LogP contribution < -0.4 is 5.73 Å². The van der Waals surface area contributed by atoms with Gasteiger partial charge in [-0.3, -0.25) is 0 Å². The van der Waals surface area contributed by atoms with Crippen molar-refractivity contribution in [3.63, 3.8) is 0 Å². The summed E-state index contributed by atoms with van der Waals surface area (Å²) in [5.74, 6) is -0.397. The highest BCUT2D eigenvalue weighted by molar-refractivity contribution is 7.17. The van der Waals surface area contributed by atoms with Gasteiger partial charge in [0, 0.05) is 10.7 Å². The number of nitrogens with two attached hydrogens (primary N) is 1. The fourth-order valence-corrected chi connectivity index (χ4v) is 3.57. The predicted octanol–water partition coefficient (Wildman–Crippen LogP) is 4.94. The Kier molecular flexibility index (Phi) is 3.74. The van der Waals surface area contributed by atoms with E-state index in [1.165, 1.54) is 10.8 Å². The Morgan fingerprint density at radius 3 is 2.80 bits per heavy atom. The van der Waals surface area contributed by atoms with Gasteiger partial charge in [0.1, 0.15) is 5.82 Å². The van der Waals surface area contributed by atoms with Gasteiger partial charge in [-0.2, -0.15) is 0 Å². The molecule has 4 heteroatoms. The molecule has 1 nitrogen and oxygen atoms in total. The summed E-state index contributed by atoms with van der Waals surface area (Å²) in [4.78, 5) is 0. The predicted molar refractivity (Wildman–Crippen MR) is 83.9 cm³/mol. The molecule has 0 aliphatic heterocycles. The second-order valence-electron chi connectivity index (χ2n) is 4.71. The molecule has 0 saturated heterocycles. The van der Waals surface area contributed by atoms with Gasteiger partial charge < -0.3 is 5.73 Å². The summed E-state index contributed by atoms with van der Waals surface area (Å²) in [7, 11) is 0. The molecule has 0 radical (unpaired) electrons. The van der Waals surface area contributed by atoms with Gasteiger partial charge in [0.25, 0.3) is 0 Å². The van der Waals surface area contributed by atoms with Gasteiger partial charge in [-0.15, -0.1) is 11.3 Å². The molecule has 0 bridgehead atoms. The number of halogens is 2. The minimum absolute atomic E-state index is 0.169. The van der Waals surface area contributed by atoms with Crippen LogP contribution in [-0.2, 0) is 6.42 Å². The molecule has 1 aromatic heterocycles. The third kappa shape index (κ3) is 2.44. The zero-order valence-electron chi connectivity index (χ0n) is 10.6. The van der Waals surface area contributed by atoms with Crippen LogP contribution in [0.3, 0.4) is 0 Å². The second-order valence-corrected chi connectivity index (χ2v) is 6.00. The van der Waals surface area contributed by atoms with E-state index in [9.17, 15) is 4.39 Å². The van der Waals surface area contributed by atoms with Gasteiger partial charge in [-0.05, 0) is 40.4 Å². The lowest BCUT2D eigenvalue weighted by Crippen LogP contribution is -2.13. The maximum atomic E-state index is 13.5.